The van der Waals surface area contributed by atoms with E-state index in [4.69, 9.17) is 5.73 Å². The molecule has 120 valence electrons. The molecule has 2 aromatic rings. The smallest absolute Gasteiger partial charge is 0.241 e. The molecule has 1 heterocycles. The van der Waals surface area contributed by atoms with Crippen molar-refractivity contribution in [3.05, 3.63) is 59.7 Å². The molecule has 2 N–H and O–H groups in total. The van der Waals surface area contributed by atoms with E-state index in [1.54, 1.807) is 0 Å². The summed E-state index contributed by atoms with van der Waals surface area (Å²) in [6.07, 6.45) is 1.92. The second-order valence-electron chi connectivity index (χ2n) is 6.15. The predicted octanol–water partition coefficient (Wildman–Crippen LogP) is 2.68. The van der Waals surface area contributed by atoms with E-state index in [-0.39, 0.29) is 5.91 Å². The average Bonchev–Trinajstić information content (AvgIpc) is 2.55. The number of likely N-dealkylation sites (N-methyl/N-ethyl adjacent to an activating group) is 1. The zero-order valence-electron chi connectivity index (χ0n) is 13.5. The minimum Gasteiger partial charge on any atom is -0.398 e. The molecule has 0 bridgehead atoms. The van der Waals surface area contributed by atoms with Crippen molar-refractivity contribution in [3.63, 3.8) is 0 Å². The molecule has 23 heavy (non-hydrogen) atoms. The lowest BCUT2D eigenvalue weighted by Crippen LogP contribution is -2.41. The monoisotopic (exact) mass is 309 g/mol. The average molecular weight is 309 g/mol. The Balaban J connectivity index is 1.69. The number of amides is 1. The number of benzene rings is 2. The number of hydrogen-bond acceptors (Lipinski definition) is 3. The topological polar surface area (TPSA) is 49.6 Å². The molecule has 1 aliphatic heterocycles. The van der Waals surface area contributed by atoms with Crippen LogP contribution >= 0.6 is 0 Å². The molecular formula is C19H23N3O. The van der Waals surface area contributed by atoms with Crippen LogP contribution in [0, 0.1) is 0 Å². The molecular weight excluding hydrogens is 286 g/mol. The minimum absolute atomic E-state index is 0.134. The van der Waals surface area contributed by atoms with Crippen molar-refractivity contribution in [1.82, 2.24) is 4.90 Å². The highest BCUT2D eigenvalue weighted by molar-refractivity contribution is 5.96. The summed E-state index contributed by atoms with van der Waals surface area (Å²) in [7, 11) is 1.98. The number of nitrogen functional groups attached to an aromatic ring is 1. The zero-order valence-corrected chi connectivity index (χ0v) is 13.5. The molecule has 2 aromatic carbocycles. The SMILES string of the molecule is CN(CC(=O)N1CCCc2c(N)cccc21)Cc1ccccc1. The molecule has 0 saturated heterocycles. The zero-order chi connectivity index (χ0) is 16.2. The fourth-order valence-electron chi connectivity index (χ4n) is 3.18. The van der Waals surface area contributed by atoms with E-state index in [0.29, 0.717) is 6.54 Å². The molecule has 4 heteroatoms. The van der Waals surface area contributed by atoms with Crippen molar-refractivity contribution < 1.29 is 4.79 Å². The summed E-state index contributed by atoms with van der Waals surface area (Å²) in [4.78, 5) is 16.7. The standard InChI is InChI=1S/C19H23N3O/c1-21(13-15-7-3-2-4-8-15)14-19(23)22-12-6-9-16-17(20)10-5-11-18(16)22/h2-5,7-8,10-11H,6,9,12-14,20H2,1H3. The lowest BCUT2D eigenvalue weighted by molar-refractivity contribution is -0.119. The number of anilines is 2. The second kappa shape index (κ2) is 6.84. The van der Waals surface area contributed by atoms with Crippen LogP contribution < -0.4 is 10.6 Å². The van der Waals surface area contributed by atoms with Gasteiger partial charge < -0.3 is 10.6 Å². The number of nitrogens with zero attached hydrogens (tertiary/aromatic N) is 2. The maximum atomic E-state index is 12.7. The first kappa shape index (κ1) is 15.6. The molecule has 0 aromatic heterocycles. The lowest BCUT2D eigenvalue weighted by Gasteiger charge is -2.31. The van der Waals surface area contributed by atoms with Crippen LogP contribution in [-0.4, -0.2) is 30.9 Å². The fraction of sp³-hybridized carbons (Fsp3) is 0.316. The quantitative estimate of drug-likeness (QED) is 0.883. The molecule has 0 fully saturated rings. The van der Waals surface area contributed by atoms with Crippen molar-refractivity contribution in [2.75, 3.05) is 30.8 Å². The Bertz CT molecular complexity index is 684. The van der Waals surface area contributed by atoms with Gasteiger partial charge in [0.1, 0.15) is 0 Å². The van der Waals surface area contributed by atoms with E-state index in [1.165, 1.54) is 5.56 Å². The summed E-state index contributed by atoms with van der Waals surface area (Å²) in [6, 6.07) is 16.0. The van der Waals surface area contributed by atoms with Gasteiger partial charge in [-0.15, -0.1) is 0 Å². The highest BCUT2D eigenvalue weighted by Gasteiger charge is 2.24. The Labute approximate surface area is 137 Å². The van der Waals surface area contributed by atoms with Crippen LogP contribution in [0.25, 0.3) is 0 Å². The van der Waals surface area contributed by atoms with Crippen LogP contribution in [0.1, 0.15) is 17.5 Å². The van der Waals surface area contributed by atoms with E-state index in [9.17, 15) is 4.79 Å². The third kappa shape index (κ3) is 3.54. The van der Waals surface area contributed by atoms with Gasteiger partial charge in [-0.05, 0) is 43.1 Å². The molecule has 0 aliphatic carbocycles. The van der Waals surface area contributed by atoms with Crippen molar-refractivity contribution in [2.45, 2.75) is 19.4 Å². The maximum Gasteiger partial charge on any atom is 0.241 e. The summed E-state index contributed by atoms with van der Waals surface area (Å²) in [5.74, 6) is 0.134. The Morgan fingerprint density at radius 2 is 1.96 bits per heavy atom. The largest absolute Gasteiger partial charge is 0.398 e. The molecule has 0 spiro atoms. The molecule has 4 nitrogen and oxygen atoms in total. The fourth-order valence-corrected chi connectivity index (χ4v) is 3.18. The first-order valence-electron chi connectivity index (χ1n) is 8.05. The van der Waals surface area contributed by atoms with E-state index in [1.807, 2.05) is 48.3 Å². The van der Waals surface area contributed by atoms with Crippen molar-refractivity contribution in [1.29, 1.82) is 0 Å². The maximum absolute atomic E-state index is 12.7. The number of carbonyl (C=O) groups excluding carboxylic acids is 1. The van der Waals surface area contributed by atoms with Crippen molar-refractivity contribution in [3.8, 4) is 0 Å². The second-order valence-corrected chi connectivity index (χ2v) is 6.15. The van der Waals surface area contributed by atoms with Crippen LogP contribution in [0.2, 0.25) is 0 Å². The van der Waals surface area contributed by atoms with Gasteiger partial charge in [0.05, 0.1) is 6.54 Å². The van der Waals surface area contributed by atoms with Gasteiger partial charge in [0, 0.05) is 24.5 Å². The number of fused-ring (bicyclic) bond motifs is 1. The van der Waals surface area contributed by atoms with Crippen LogP contribution in [0.5, 0.6) is 0 Å². The van der Waals surface area contributed by atoms with Gasteiger partial charge in [-0.2, -0.15) is 0 Å². The summed E-state index contributed by atoms with van der Waals surface area (Å²) in [6.45, 7) is 1.95. The van der Waals surface area contributed by atoms with Gasteiger partial charge in [-0.3, -0.25) is 9.69 Å². The van der Waals surface area contributed by atoms with Crippen LogP contribution in [-0.2, 0) is 17.8 Å². The Kier molecular flexibility index (Phi) is 4.63. The third-order valence-corrected chi connectivity index (χ3v) is 4.29. The summed E-state index contributed by atoms with van der Waals surface area (Å²) in [5, 5.41) is 0. The summed E-state index contributed by atoms with van der Waals surface area (Å²) >= 11 is 0. The number of rotatable bonds is 4. The molecule has 3 rings (SSSR count). The first-order valence-corrected chi connectivity index (χ1v) is 8.05. The predicted molar refractivity (Wildman–Crippen MR) is 94.3 cm³/mol. The van der Waals surface area contributed by atoms with Gasteiger partial charge in [0.25, 0.3) is 0 Å². The Morgan fingerprint density at radius 3 is 2.74 bits per heavy atom. The number of hydrogen-bond donors (Lipinski definition) is 1. The summed E-state index contributed by atoms with van der Waals surface area (Å²) in [5.41, 5.74) is 10.2. The molecule has 0 radical (unpaired) electrons. The van der Waals surface area contributed by atoms with Gasteiger partial charge in [-0.25, -0.2) is 0 Å². The Hall–Kier alpha value is -2.33. The molecule has 1 aliphatic rings. The van der Waals surface area contributed by atoms with E-state index >= 15 is 0 Å². The molecule has 0 atom stereocenters. The van der Waals surface area contributed by atoms with E-state index in [2.05, 4.69) is 17.0 Å². The third-order valence-electron chi connectivity index (χ3n) is 4.29. The highest BCUT2D eigenvalue weighted by atomic mass is 16.2. The minimum atomic E-state index is 0.134. The van der Waals surface area contributed by atoms with E-state index < -0.39 is 0 Å². The van der Waals surface area contributed by atoms with Crippen LogP contribution in [0.15, 0.2) is 48.5 Å². The van der Waals surface area contributed by atoms with Crippen molar-refractivity contribution >= 4 is 17.3 Å². The van der Waals surface area contributed by atoms with E-state index in [0.717, 1.165) is 42.9 Å². The number of nitrogens with two attached hydrogens (primary N) is 1. The van der Waals surface area contributed by atoms with Gasteiger partial charge in [0.15, 0.2) is 0 Å². The van der Waals surface area contributed by atoms with Gasteiger partial charge >= 0.3 is 0 Å². The van der Waals surface area contributed by atoms with Crippen LogP contribution in [0.3, 0.4) is 0 Å². The molecule has 0 unspecified atom stereocenters. The van der Waals surface area contributed by atoms with Gasteiger partial charge in [-0.1, -0.05) is 36.4 Å². The first-order chi connectivity index (χ1) is 11.1. The lowest BCUT2D eigenvalue weighted by atomic mass is 10.00. The van der Waals surface area contributed by atoms with Crippen LogP contribution in [0.4, 0.5) is 11.4 Å². The number of carbonyl (C=O) groups is 1. The normalized spacial score (nSPS) is 13.9. The summed E-state index contributed by atoms with van der Waals surface area (Å²) < 4.78 is 0. The molecule has 1 amide bonds. The highest BCUT2D eigenvalue weighted by Crippen LogP contribution is 2.31. The molecule has 0 saturated carbocycles. The Morgan fingerprint density at radius 1 is 1.17 bits per heavy atom. The van der Waals surface area contributed by atoms with Gasteiger partial charge in [0.2, 0.25) is 5.91 Å². The van der Waals surface area contributed by atoms with Crippen molar-refractivity contribution in [2.24, 2.45) is 0 Å².